The first kappa shape index (κ1) is 16.1. The second kappa shape index (κ2) is 8.22. The lowest BCUT2D eigenvalue weighted by atomic mass is 10.1. The second-order valence-corrected chi connectivity index (χ2v) is 5.95. The molecule has 0 radical (unpaired) electrons. The molecule has 0 aromatic carbocycles. The van der Waals surface area contributed by atoms with E-state index in [1.807, 2.05) is 0 Å². The van der Waals surface area contributed by atoms with E-state index in [9.17, 15) is 4.39 Å². The molecule has 0 bridgehead atoms. The minimum absolute atomic E-state index is 0.167. The molecule has 0 spiro atoms. The highest BCUT2D eigenvalue weighted by molar-refractivity contribution is 7.07. The number of nitrogens with zero attached hydrogens (tertiary/aromatic N) is 2. The van der Waals surface area contributed by atoms with Crippen LogP contribution < -0.4 is 5.32 Å². The zero-order chi connectivity index (χ0) is 15.1. The quantitative estimate of drug-likeness (QED) is 0.809. The van der Waals surface area contributed by atoms with Crippen molar-refractivity contribution in [3.63, 3.8) is 0 Å². The zero-order valence-electron chi connectivity index (χ0n) is 12.6. The van der Waals surface area contributed by atoms with Gasteiger partial charge in [0.15, 0.2) is 0 Å². The van der Waals surface area contributed by atoms with E-state index in [1.165, 1.54) is 17.8 Å². The molecule has 1 unspecified atom stereocenters. The van der Waals surface area contributed by atoms with E-state index >= 15 is 0 Å². The minimum atomic E-state index is -0.288. The number of thiophene rings is 1. The Kier molecular flexibility index (Phi) is 6.29. The van der Waals surface area contributed by atoms with Gasteiger partial charge in [0, 0.05) is 13.1 Å². The Morgan fingerprint density at radius 3 is 2.86 bits per heavy atom. The number of pyridine rings is 1. The zero-order valence-corrected chi connectivity index (χ0v) is 13.4. The Morgan fingerprint density at radius 1 is 1.38 bits per heavy atom. The molecule has 0 aliphatic heterocycles. The molecule has 0 saturated carbocycles. The highest BCUT2D eigenvalue weighted by atomic mass is 32.1. The molecule has 5 heteroatoms. The van der Waals surface area contributed by atoms with E-state index in [0.29, 0.717) is 0 Å². The van der Waals surface area contributed by atoms with E-state index in [2.05, 4.69) is 46.0 Å². The van der Waals surface area contributed by atoms with Gasteiger partial charge in [-0.15, -0.1) is 0 Å². The third-order valence-electron chi connectivity index (χ3n) is 3.39. The molecular weight excluding hydrogens is 285 g/mol. The fourth-order valence-corrected chi connectivity index (χ4v) is 2.98. The summed E-state index contributed by atoms with van der Waals surface area (Å²) in [5.41, 5.74) is 2.25. The Morgan fingerprint density at radius 2 is 2.24 bits per heavy atom. The maximum atomic E-state index is 13.0. The fourth-order valence-electron chi connectivity index (χ4n) is 2.32. The summed E-state index contributed by atoms with van der Waals surface area (Å²) in [7, 11) is 2.12. The van der Waals surface area contributed by atoms with E-state index in [4.69, 9.17) is 0 Å². The molecule has 3 nitrogen and oxygen atoms in total. The van der Waals surface area contributed by atoms with Gasteiger partial charge in [-0.1, -0.05) is 6.92 Å². The van der Waals surface area contributed by atoms with Crippen molar-refractivity contribution in [2.24, 2.45) is 0 Å². The maximum absolute atomic E-state index is 13.0. The summed E-state index contributed by atoms with van der Waals surface area (Å²) in [5, 5.41) is 7.71. The van der Waals surface area contributed by atoms with Crippen molar-refractivity contribution in [2.45, 2.75) is 25.9 Å². The summed E-state index contributed by atoms with van der Waals surface area (Å²) in [5.74, 6) is -0.288. The SMILES string of the molecule is CCNC(CCN(C)Cc1ccsc1)c1ccc(F)cn1. The van der Waals surface area contributed by atoms with Crippen LogP contribution in [-0.2, 0) is 6.54 Å². The van der Waals surface area contributed by atoms with Crippen molar-refractivity contribution in [1.82, 2.24) is 15.2 Å². The Hall–Kier alpha value is -1.30. The molecule has 114 valence electrons. The first-order valence-electron chi connectivity index (χ1n) is 7.23. The predicted molar refractivity (Wildman–Crippen MR) is 85.9 cm³/mol. The van der Waals surface area contributed by atoms with Gasteiger partial charge in [-0.25, -0.2) is 4.39 Å². The van der Waals surface area contributed by atoms with E-state index < -0.39 is 0 Å². The Labute approximate surface area is 129 Å². The summed E-state index contributed by atoms with van der Waals surface area (Å²) >= 11 is 1.73. The molecule has 2 heterocycles. The third-order valence-corrected chi connectivity index (χ3v) is 4.12. The largest absolute Gasteiger partial charge is 0.309 e. The summed E-state index contributed by atoms with van der Waals surface area (Å²) in [6.45, 7) is 4.87. The summed E-state index contributed by atoms with van der Waals surface area (Å²) in [4.78, 5) is 6.50. The topological polar surface area (TPSA) is 28.2 Å². The summed E-state index contributed by atoms with van der Waals surface area (Å²) < 4.78 is 13.0. The molecule has 0 saturated heterocycles. The van der Waals surface area contributed by atoms with Gasteiger partial charge in [0.25, 0.3) is 0 Å². The van der Waals surface area contributed by atoms with Crippen LogP contribution in [0.4, 0.5) is 4.39 Å². The maximum Gasteiger partial charge on any atom is 0.141 e. The smallest absolute Gasteiger partial charge is 0.141 e. The van der Waals surface area contributed by atoms with Crippen LogP contribution in [-0.4, -0.2) is 30.0 Å². The van der Waals surface area contributed by atoms with Crippen LogP contribution in [0.5, 0.6) is 0 Å². The van der Waals surface area contributed by atoms with Gasteiger partial charge in [-0.2, -0.15) is 11.3 Å². The molecule has 0 aliphatic carbocycles. The van der Waals surface area contributed by atoms with Gasteiger partial charge in [0.1, 0.15) is 5.82 Å². The lowest BCUT2D eigenvalue weighted by Gasteiger charge is -2.22. The molecule has 1 N–H and O–H groups in total. The number of hydrogen-bond acceptors (Lipinski definition) is 4. The van der Waals surface area contributed by atoms with Crippen molar-refractivity contribution in [2.75, 3.05) is 20.1 Å². The number of hydrogen-bond donors (Lipinski definition) is 1. The van der Waals surface area contributed by atoms with Crippen LogP contribution in [0.1, 0.15) is 30.6 Å². The molecular formula is C16H22FN3S. The van der Waals surface area contributed by atoms with E-state index in [0.717, 1.165) is 31.7 Å². The van der Waals surface area contributed by atoms with Gasteiger partial charge in [-0.05, 0) is 54.5 Å². The summed E-state index contributed by atoms with van der Waals surface area (Å²) in [6.07, 6.45) is 2.24. The number of halogens is 1. The normalized spacial score (nSPS) is 12.8. The van der Waals surface area contributed by atoms with Crippen LogP contribution >= 0.6 is 11.3 Å². The average Bonchev–Trinajstić information content (AvgIpc) is 2.97. The standard InChI is InChI=1S/C16H22FN3S/c1-3-18-16(15-5-4-14(17)10-19-15)6-8-20(2)11-13-7-9-21-12-13/h4-5,7,9-10,12,16,18H,3,6,8,11H2,1-2H3. The first-order chi connectivity index (χ1) is 10.2. The molecule has 0 amide bonds. The van der Waals surface area contributed by atoms with E-state index in [-0.39, 0.29) is 11.9 Å². The van der Waals surface area contributed by atoms with Gasteiger partial charge in [0.05, 0.1) is 17.9 Å². The van der Waals surface area contributed by atoms with Gasteiger partial charge in [0.2, 0.25) is 0 Å². The second-order valence-electron chi connectivity index (χ2n) is 5.17. The van der Waals surface area contributed by atoms with E-state index in [1.54, 1.807) is 17.4 Å². The number of rotatable bonds is 8. The Balaban J connectivity index is 1.88. The monoisotopic (exact) mass is 307 g/mol. The lowest BCUT2D eigenvalue weighted by molar-refractivity contribution is 0.300. The van der Waals surface area contributed by atoms with Crippen LogP contribution in [0.3, 0.4) is 0 Å². The third kappa shape index (κ3) is 5.19. The van der Waals surface area contributed by atoms with Crippen molar-refractivity contribution >= 4 is 11.3 Å². The molecule has 21 heavy (non-hydrogen) atoms. The lowest BCUT2D eigenvalue weighted by Crippen LogP contribution is -2.27. The van der Waals surface area contributed by atoms with Gasteiger partial charge in [-0.3, -0.25) is 4.98 Å². The van der Waals surface area contributed by atoms with Crippen LogP contribution in [0, 0.1) is 5.82 Å². The molecule has 0 fully saturated rings. The fraction of sp³-hybridized carbons (Fsp3) is 0.438. The van der Waals surface area contributed by atoms with Crippen molar-refractivity contribution in [3.05, 3.63) is 52.2 Å². The molecule has 2 rings (SSSR count). The highest BCUT2D eigenvalue weighted by Crippen LogP contribution is 2.16. The van der Waals surface area contributed by atoms with Crippen molar-refractivity contribution < 1.29 is 4.39 Å². The Bertz CT molecular complexity index is 513. The van der Waals surface area contributed by atoms with Crippen molar-refractivity contribution in [3.8, 4) is 0 Å². The molecule has 0 aliphatic rings. The van der Waals surface area contributed by atoms with Crippen molar-refractivity contribution in [1.29, 1.82) is 0 Å². The summed E-state index contributed by atoms with van der Waals surface area (Å²) in [6, 6.07) is 5.56. The number of nitrogens with one attached hydrogen (secondary N) is 1. The minimum Gasteiger partial charge on any atom is -0.309 e. The molecule has 2 aromatic rings. The van der Waals surface area contributed by atoms with Gasteiger partial charge >= 0.3 is 0 Å². The molecule has 2 aromatic heterocycles. The highest BCUT2D eigenvalue weighted by Gasteiger charge is 2.13. The number of aromatic nitrogens is 1. The average molecular weight is 307 g/mol. The van der Waals surface area contributed by atoms with Crippen LogP contribution in [0.25, 0.3) is 0 Å². The van der Waals surface area contributed by atoms with Crippen LogP contribution in [0.2, 0.25) is 0 Å². The predicted octanol–water partition coefficient (Wildman–Crippen LogP) is 3.45. The van der Waals surface area contributed by atoms with Gasteiger partial charge < -0.3 is 10.2 Å². The first-order valence-corrected chi connectivity index (χ1v) is 8.17. The van der Waals surface area contributed by atoms with Crippen LogP contribution in [0.15, 0.2) is 35.2 Å². The molecule has 1 atom stereocenters.